The van der Waals surface area contributed by atoms with E-state index in [1.165, 1.54) is 6.92 Å². The van der Waals surface area contributed by atoms with E-state index in [0.717, 1.165) is 5.82 Å². The van der Waals surface area contributed by atoms with Crippen LogP contribution in [0.1, 0.15) is 12.7 Å². The summed E-state index contributed by atoms with van der Waals surface area (Å²) in [6.07, 6.45) is 2.16. The fourth-order valence-corrected chi connectivity index (χ4v) is 1.22. The van der Waals surface area contributed by atoms with Crippen molar-refractivity contribution in [2.24, 2.45) is 13.0 Å². The Labute approximate surface area is 104 Å². The Morgan fingerprint density at radius 1 is 1.50 bits per heavy atom. The molecule has 0 aliphatic carbocycles. The van der Waals surface area contributed by atoms with Crippen molar-refractivity contribution in [3.05, 3.63) is 12.2 Å². The fraction of sp³-hybridized carbons (Fsp3) is 0.600. The number of nitrogens with zero attached hydrogens (tertiary/aromatic N) is 3. The van der Waals surface area contributed by atoms with Gasteiger partial charge < -0.3 is 20.3 Å². The van der Waals surface area contributed by atoms with Crippen LogP contribution in [0.25, 0.3) is 0 Å². The highest BCUT2D eigenvalue weighted by Crippen LogP contribution is 1.92. The van der Waals surface area contributed by atoms with Crippen molar-refractivity contribution in [2.75, 3.05) is 13.1 Å². The van der Waals surface area contributed by atoms with Crippen molar-refractivity contribution in [2.45, 2.75) is 13.3 Å². The van der Waals surface area contributed by atoms with Crippen LogP contribution in [0.5, 0.6) is 0 Å². The predicted molar refractivity (Wildman–Crippen MR) is 62.9 cm³/mol. The summed E-state index contributed by atoms with van der Waals surface area (Å²) in [7, 11) is 1.82. The number of aromatic nitrogens is 3. The molecule has 0 aromatic carbocycles. The van der Waals surface area contributed by atoms with E-state index in [9.17, 15) is 9.59 Å². The lowest BCUT2D eigenvalue weighted by Gasteiger charge is -2.09. The minimum Gasteiger partial charge on any atom is -0.481 e. The van der Waals surface area contributed by atoms with Crippen molar-refractivity contribution >= 4 is 12.0 Å². The van der Waals surface area contributed by atoms with Crippen LogP contribution in [0, 0.1) is 5.92 Å². The molecule has 0 saturated carbocycles. The number of nitrogens with one attached hydrogen (secondary N) is 2. The maximum Gasteiger partial charge on any atom is 0.314 e. The summed E-state index contributed by atoms with van der Waals surface area (Å²) in [5, 5.41) is 21.3. The van der Waals surface area contributed by atoms with Gasteiger partial charge in [0, 0.05) is 26.6 Å². The summed E-state index contributed by atoms with van der Waals surface area (Å²) in [6, 6.07) is -0.384. The zero-order chi connectivity index (χ0) is 13.5. The zero-order valence-electron chi connectivity index (χ0n) is 10.4. The maximum atomic E-state index is 11.3. The molecule has 0 bridgehead atoms. The van der Waals surface area contributed by atoms with Gasteiger partial charge in [-0.2, -0.15) is 0 Å². The van der Waals surface area contributed by atoms with Gasteiger partial charge in [-0.25, -0.2) is 4.79 Å². The van der Waals surface area contributed by atoms with E-state index >= 15 is 0 Å². The third-order valence-electron chi connectivity index (χ3n) is 2.43. The van der Waals surface area contributed by atoms with Crippen molar-refractivity contribution in [1.82, 2.24) is 25.4 Å². The Balaban J connectivity index is 2.18. The Morgan fingerprint density at radius 3 is 2.78 bits per heavy atom. The summed E-state index contributed by atoms with van der Waals surface area (Å²) in [4.78, 5) is 21.9. The maximum absolute atomic E-state index is 11.3. The van der Waals surface area contributed by atoms with Crippen LogP contribution in [0.4, 0.5) is 4.79 Å². The van der Waals surface area contributed by atoms with E-state index in [-0.39, 0.29) is 12.6 Å². The molecule has 0 fully saturated rings. The minimum atomic E-state index is -0.936. The largest absolute Gasteiger partial charge is 0.481 e. The first-order chi connectivity index (χ1) is 8.50. The van der Waals surface area contributed by atoms with Gasteiger partial charge in [-0.05, 0) is 0 Å². The molecule has 2 amide bonds. The van der Waals surface area contributed by atoms with Gasteiger partial charge in [0.15, 0.2) is 0 Å². The Kier molecular flexibility index (Phi) is 5.09. The molecule has 1 aromatic heterocycles. The number of amides is 2. The van der Waals surface area contributed by atoms with Crippen LogP contribution >= 0.6 is 0 Å². The summed E-state index contributed by atoms with van der Waals surface area (Å²) in [6.45, 7) is 2.05. The quantitative estimate of drug-likeness (QED) is 0.627. The average molecular weight is 255 g/mol. The average Bonchev–Trinajstić information content (AvgIpc) is 2.72. The molecular formula is C10H17N5O3. The van der Waals surface area contributed by atoms with Crippen molar-refractivity contribution in [1.29, 1.82) is 0 Å². The lowest BCUT2D eigenvalue weighted by atomic mass is 10.2. The second-order valence-corrected chi connectivity index (χ2v) is 3.98. The Hall–Kier alpha value is -2.12. The number of rotatable bonds is 6. The molecule has 1 rings (SSSR count). The monoisotopic (exact) mass is 255 g/mol. The highest BCUT2D eigenvalue weighted by Gasteiger charge is 2.11. The SMILES string of the molecule is CC(CNC(=O)NCCc1nncn1C)C(=O)O. The van der Waals surface area contributed by atoms with Gasteiger partial charge in [0.1, 0.15) is 12.2 Å². The molecule has 0 saturated heterocycles. The number of carbonyl (C=O) groups is 2. The van der Waals surface area contributed by atoms with Crippen LogP contribution in [-0.4, -0.2) is 45.0 Å². The summed E-state index contributed by atoms with van der Waals surface area (Å²) >= 11 is 0. The van der Waals surface area contributed by atoms with Crippen molar-refractivity contribution < 1.29 is 14.7 Å². The Morgan fingerprint density at radius 2 is 2.22 bits per heavy atom. The van der Waals surface area contributed by atoms with Crippen LogP contribution in [-0.2, 0) is 18.3 Å². The van der Waals surface area contributed by atoms with E-state index in [1.54, 1.807) is 10.9 Å². The number of carbonyl (C=O) groups excluding carboxylic acids is 1. The molecule has 0 radical (unpaired) electrons. The number of hydrogen-bond donors (Lipinski definition) is 3. The second kappa shape index (κ2) is 6.58. The van der Waals surface area contributed by atoms with Gasteiger partial charge >= 0.3 is 12.0 Å². The molecule has 8 nitrogen and oxygen atoms in total. The van der Waals surface area contributed by atoms with Crippen LogP contribution in [0.3, 0.4) is 0 Å². The molecule has 1 atom stereocenters. The first-order valence-electron chi connectivity index (χ1n) is 5.58. The zero-order valence-corrected chi connectivity index (χ0v) is 10.4. The molecule has 18 heavy (non-hydrogen) atoms. The fourth-order valence-electron chi connectivity index (χ4n) is 1.22. The van der Waals surface area contributed by atoms with E-state index in [4.69, 9.17) is 5.11 Å². The third-order valence-corrected chi connectivity index (χ3v) is 2.43. The molecule has 0 aliphatic rings. The summed E-state index contributed by atoms with van der Waals surface area (Å²) < 4.78 is 1.77. The lowest BCUT2D eigenvalue weighted by Crippen LogP contribution is -2.40. The molecule has 0 spiro atoms. The predicted octanol–water partition coefficient (Wildman–Crippen LogP) is -0.622. The van der Waals surface area contributed by atoms with Crippen LogP contribution in [0.2, 0.25) is 0 Å². The number of aryl methyl sites for hydroxylation is 1. The molecule has 3 N–H and O–H groups in total. The first kappa shape index (κ1) is 13.9. The topological polar surface area (TPSA) is 109 Å². The standard InChI is InChI=1S/C10H17N5O3/c1-7(9(16)17)5-12-10(18)11-4-3-8-14-13-6-15(8)2/h6-7H,3-5H2,1-2H3,(H,16,17)(H2,11,12,18). The third kappa shape index (κ3) is 4.40. The van der Waals surface area contributed by atoms with Gasteiger partial charge in [0.25, 0.3) is 0 Å². The number of carboxylic acid groups (broad SMARTS) is 1. The van der Waals surface area contributed by atoms with E-state index < -0.39 is 11.9 Å². The van der Waals surface area contributed by atoms with Gasteiger partial charge in [0.05, 0.1) is 5.92 Å². The van der Waals surface area contributed by atoms with Crippen LogP contribution < -0.4 is 10.6 Å². The molecule has 8 heteroatoms. The molecular weight excluding hydrogens is 238 g/mol. The molecule has 0 aliphatic heterocycles. The highest BCUT2D eigenvalue weighted by atomic mass is 16.4. The summed E-state index contributed by atoms with van der Waals surface area (Å²) in [5.41, 5.74) is 0. The lowest BCUT2D eigenvalue weighted by molar-refractivity contribution is -0.140. The van der Waals surface area contributed by atoms with Gasteiger partial charge in [0.2, 0.25) is 0 Å². The van der Waals surface area contributed by atoms with Crippen molar-refractivity contribution in [3.63, 3.8) is 0 Å². The van der Waals surface area contributed by atoms with E-state index in [1.807, 2.05) is 7.05 Å². The smallest absolute Gasteiger partial charge is 0.314 e. The van der Waals surface area contributed by atoms with Gasteiger partial charge in [-0.1, -0.05) is 6.92 Å². The van der Waals surface area contributed by atoms with Gasteiger partial charge in [-0.3, -0.25) is 4.79 Å². The number of aliphatic carboxylic acids is 1. The summed E-state index contributed by atoms with van der Waals surface area (Å²) in [5.74, 6) is -0.766. The molecule has 1 aromatic rings. The molecule has 100 valence electrons. The van der Waals surface area contributed by atoms with Crippen molar-refractivity contribution in [3.8, 4) is 0 Å². The first-order valence-corrected chi connectivity index (χ1v) is 5.58. The van der Waals surface area contributed by atoms with E-state index in [2.05, 4.69) is 20.8 Å². The second-order valence-electron chi connectivity index (χ2n) is 3.98. The van der Waals surface area contributed by atoms with E-state index in [0.29, 0.717) is 13.0 Å². The molecule has 1 unspecified atom stereocenters. The van der Waals surface area contributed by atoms with Gasteiger partial charge in [-0.15, -0.1) is 10.2 Å². The number of urea groups is 1. The number of hydrogen-bond acceptors (Lipinski definition) is 4. The Bertz CT molecular complexity index is 417. The number of carboxylic acids is 1. The highest BCUT2D eigenvalue weighted by molar-refractivity contribution is 5.75. The normalized spacial score (nSPS) is 11.9. The van der Waals surface area contributed by atoms with Crippen LogP contribution in [0.15, 0.2) is 6.33 Å². The molecule has 1 heterocycles. The minimum absolute atomic E-state index is 0.102.